The molecule has 1 aliphatic heterocycles. The molecule has 0 bridgehead atoms. The van der Waals surface area contributed by atoms with Gasteiger partial charge in [0.2, 0.25) is 5.89 Å². The van der Waals surface area contributed by atoms with Crippen LogP contribution in [-0.4, -0.2) is 36.2 Å². The lowest BCUT2D eigenvalue weighted by atomic mass is 10.1. The van der Waals surface area contributed by atoms with Gasteiger partial charge < -0.3 is 9.15 Å². The summed E-state index contributed by atoms with van der Waals surface area (Å²) in [6.07, 6.45) is 2.15. The van der Waals surface area contributed by atoms with Crippen molar-refractivity contribution in [2.75, 3.05) is 20.3 Å². The van der Waals surface area contributed by atoms with Crippen molar-refractivity contribution in [1.29, 1.82) is 0 Å². The van der Waals surface area contributed by atoms with Crippen molar-refractivity contribution < 1.29 is 9.15 Å². The highest BCUT2D eigenvalue weighted by molar-refractivity contribution is 6.33. The van der Waals surface area contributed by atoms with Crippen LogP contribution in [0.2, 0.25) is 5.02 Å². The van der Waals surface area contributed by atoms with Crippen LogP contribution < -0.4 is 0 Å². The molecule has 0 N–H and O–H groups in total. The molecule has 1 fully saturated rings. The average Bonchev–Trinajstić information content (AvgIpc) is 2.89. The van der Waals surface area contributed by atoms with Gasteiger partial charge in [0, 0.05) is 25.8 Å². The molecular formula is C17H21ClN2O2. The van der Waals surface area contributed by atoms with Crippen molar-refractivity contribution >= 4 is 11.6 Å². The first-order chi connectivity index (χ1) is 10.6. The molecular weight excluding hydrogens is 300 g/mol. The molecule has 5 heteroatoms. The summed E-state index contributed by atoms with van der Waals surface area (Å²) < 4.78 is 11.2. The fourth-order valence-electron chi connectivity index (χ4n) is 2.82. The number of hydrogen-bond acceptors (Lipinski definition) is 4. The Morgan fingerprint density at radius 3 is 2.73 bits per heavy atom. The quantitative estimate of drug-likeness (QED) is 0.856. The molecule has 1 saturated heterocycles. The summed E-state index contributed by atoms with van der Waals surface area (Å²) in [5.74, 6) is 1.45. The number of hydrogen-bond donors (Lipinski definition) is 0. The molecule has 3 rings (SSSR count). The number of aryl methyl sites for hydroxylation is 1. The second kappa shape index (κ2) is 6.82. The maximum absolute atomic E-state index is 6.22. The Bertz CT molecular complexity index is 635. The normalized spacial score (nSPS) is 16.4. The van der Waals surface area contributed by atoms with E-state index in [1.165, 1.54) is 0 Å². The molecule has 0 amide bonds. The molecule has 118 valence electrons. The Morgan fingerprint density at radius 2 is 2.00 bits per heavy atom. The van der Waals surface area contributed by atoms with Gasteiger partial charge in [-0.05, 0) is 38.9 Å². The zero-order valence-corrected chi connectivity index (χ0v) is 13.8. The minimum atomic E-state index is 0.550. The monoisotopic (exact) mass is 320 g/mol. The topological polar surface area (TPSA) is 38.5 Å². The van der Waals surface area contributed by atoms with Crippen molar-refractivity contribution in [2.45, 2.75) is 32.4 Å². The first-order valence-electron chi connectivity index (χ1n) is 7.64. The predicted molar refractivity (Wildman–Crippen MR) is 87.0 cm³/mol. The minimum Gasteiger partial charge on any atom is -0.441 e. The lowest BCUT2D eigenvalue weighted by Gasteiger charge is -2.30. The molecule has 0 spiro atoms. The Labute approximate surface area is 136 Å². The number of rotatable bonds is 4. The number of halogens is 1. The first-order valence-corrected chi connectivity index (χ1v) is 8.02. The fourth-order valence-corrected chi connectivity index (χ4v) is 3.03. The molecule has 0 radical (unpaired) electrons. The highest BCUT2D eigenvalue weighted by Gasteiger charge is 2.21. The third kappa shape index (κ3) is 3.35. The molecule has 1 aliphatic rings. The largest absolute Gasteiger partial charge is 0.441 e. The fraction of sp³-hybridized carbons (Fsp3) is 0.471. The standard InChI is InChI=1S/C17H21ClN2O2/c1-12-16(11-20(2)13-7-9-21-10-8-13)19-17(22-12)14-5-3-4-6-15(14)18/h3-6,13H,7-11H2,1-2H3. The molecule has 1 aromatic heterocycles. The van der Waals surface area contributed by atoms with E-state index in [4.69, 9.17) is 20.8 Å². The summed E-state index contributed by atoms with van der Waals surface area (Å²) in [5.41, 5.74) is 1.82. The van der Waals surface area contributed by atoms with Crippen LogP contribution in [0.4, 0.5) is 0 Å². The Hall–Kier alpha value is -1.36. The van der Waals surface area contributed by atoms with Gasteiger partial charge in [-0.15, -0.1) is 0 Å². The highest BCUT2D eigenvalue weighted by Crippen LogP contribution is 2.29. The molecule has 0 atom stereocenters. The zero-order valence-electron chi connectivity index (χ0n) is 13.0. The summed E-state index contributed by atoms with van der Waals surface area (Å²) in [6.45, 7) is 4.43. The van der Waals surface area contributed by atoms with Crippen LogP contribution in [0.3, 0.4) is 0 Å². The number of benzene rings is 1. The number of nitrogens with zero attached hydrogens (tertiary/aromatic N) is 2. The summed E-state index contributed by atoms with van der Waals surface area (Å²) in [7, 11) is 2.14. The third-order valence-corrected chi connectivity index (χ3v) is 4.54. The molecule has 1 aromatic carbocycles. The van der Waals surface area contributed by atoms with E-state index in [1.807, 2.05) is 31.2 Å². The van der Waals surface area contributed by atoms with Gasteiger partial charge in [-0.1, -0.05) is 23.7 Å². The first kappa shape index (κ1) is 15.5. The van der Waals surface area contributed by atoms with Gasteiger partial charge in [-0.2, -0.15) is 0 Å². The maximum atomic E-state index is 6.22. The second-order valence-electron chi connectivity index (χ2n) is 5.76. The Morgan fingerprint density at radius 1 is 1.27 bits per heavy atom. The Kier molecular flexibility index (Phi) is 4.81. The van der Waals surface area contributed by atoms with Crippen molar-refractivity contribution in [2.24, 2.45) is 0 Å². The van der Waals surface area contributed by atoms with E-state index in [0.29, 0.717) is 17.0 Å². The molecule has 0 saturated carbocycles. The van der Waals surface area contributed by atoms with Crippen LogP contribution in [0, 0.1) is 6.92 Å². The van der Waals surface area contributed by atoms with Gasteiger partial charge in [-0.3, -0.25) is 4.90 Å². The third-order valence-electron chi connectivity index (χ3n) is 4.21. The summed E-state index contributed by atoms with van der Waals surface area (Å²) in [4.78, 5) is 6.99. The Balaban J connectivity index is 1.76. The molecule has 4 nitrogen and oxygen atoms in total. The van der Waals surface area contributed by atoms with Crippen molar-refractivity contribution in [3.8, 4) is 11.5 Å². The van der Waals surface area contributed by atoms with Gasteiger partial charge in [-0.25, -0.2) is 4.98 Å². The van der Waals surface area contributed by atoms with Crippen LogP contribution in [0.5, 0.6) is 0 Å². The highest BCUT2D eigenvalue weighted by atomic mass is 35.5. The molecule has 0 aliphatic carbocycles. The number of oxazole rings is 1. The van der Waals surface area contributed by atoms with E-state index in [1.54, 1.807) is 0 Å². The van der Waals surface area contributed by atoms with Crippen LogP contribution in [0.25, 0.3) is 11.5 Å². The van der Waals surface area contributed by atoms with Crippen molar-refractivity contribution in [3.05, 3.63) is 40.7 Å². The molecule has 0 unspecified atom stereocenters. The lowest BCUT2D eigenvalue weighted by Crippen LogP contribution is -2.36. The van der Waals surface area contributed by atoms with E-state index in [9.17, 15) is 0 Å². The maximum Gasteiger partial charge on any atom is 0.228 e. The van der Waals surface area contributed by atoms with Gasteiger partial charge in [0.05, 0.1) is 16.3 Å². The van der Waals surface area contributed by atoms with Crippen LogP contribution in [0.1, 0.15) is 24.3 Å². The summed E-state index contributed by atoms with van der Waals surface area (Å²) in [5, 5.41) is 0.660. The van der Waals surface area contributed by atoms with Crippen molar-refractivity contribution in [3.63, 3.8) is 0 Å². The second-order valence-corrected chi connectivity index (χ2v) is 6.17. The molecule has 2 heterocycles. The predicted octanol–water partition coefficient (Wildman–Crippen LogP) is 3.91. The van der Waals surface area contributed by atoms with Crippen molar-refractivity contribution in [1.82, 2.24) is 9.88 Å². The van der Waals surface area contributed by atoms with Crippen LogP contribution >= 0.6 is 11.6 Å². The van der Waals surface area contributed by atoms with E-state index in [-0.39, 0.29) is 0 Å². The van der Waals surface area contributed by atoms with E-state index in [0.717, 1.165) is 49.6 Å². The summed E-state index contributed by atoms with van der Waals surface area (Å²) >= 11 is 6.22. The smallest absolute Gasteiger partial charge is 0.228 e. The number of aromatic nitrogens is 1. The van der Waals surface area contributed by atoms with E-state index in [2.05, 4.69) is 16.9 Å². The lowest BCUT2D eigenvalue weighted by molar-refractivity contribution is 0.0402. The van der Waals surface area contributed by atoms with Gasteiger partial charge in [0.15, 0.2) is 0 Å². The summed E-state index contributed by atoms with van der Waals surface area (Å²) in [6, 6.07) is 8.17. The van der Waals surface area contributed by atoms with Crippen LogP contribution in [0.15, 0.2) is 28.7 Å². The zero-order chi connectivity index (χ0) is 15.5. The molecule has 22 heavy (non-hydrogen) atoms. The van der Waals surface area contributed by atoms with E-state index < -0.39 is 0 Å². The average molecular weight is 321 g/mol. The van der Waals surface area contributed by atoms with Gasteiger partial charge in [0.1, 0.15) is 5.76 Å². The number of ether oxygens (including phenoxy) is 1. The van der Waals surface area contributed by atoms with E-state index >= 15 is 0 Å². The molecule has 2 aromatic rings. The SMILES string of the molecule is Cc1oc(-c2ccccc2Cl)nc1CN(C)C1CCOCC1. The van der Waals surface area contributed by atoms with Gasteiger partial charge in [0.25, 0.3) is 0 Å². The van der Waals surface area contributed by atoms with Crippen LogP contribution in [-0.2, 0) is 11.3 Å². The van der Waals surface area contributed by atoms with Gasteiger partial charge >= 0.3 is 0 Å². The minimum absolute atomic E-state index is 0.550.